The van der Waals surface area contributed by atoms with E-state index in [-0.39, 0.29) is 6.04 Å². The SMILES string of the molecule is NC(Cc1nc2ccc(Br)cc2[nH]1)C1CC1. The number of nitrogens with two attached hydrogens (primary N) is 1. The zero-order valence-electron chi connectivity index (χ0n) is 8.91. The van der Waals surface area contributed by atoms with Gasteiger partial charge in [-0.3, -0.25) is 0 Å². The highest BCUT2D eigenvalue weighted by Gasteiger charge is 2.28. The Balaban J connectivity index is 1.86. The maximum atomic E-state index is 6.09. The Morgan fingerprint density at radius 1 is 1.50 bits per heavy atom. The van der Waals surface area contributed by atoms with Gasteiger partial charge in [-0.05, 0) is 37.0 Å². The summed E-state index contributed by atoms with van der Waals surface area (Å²) >= 11 is 3.45. The molecule has 0 aliphatic heterocycles. The maximum absolute atomic E-state index is 6.09. The Kier molecular flexibility index (Phi) is 2.48. The molecule has 2 aromatic rings. The lowest BCUT2D eigenvalue weighted by atomic mass is 10.1. The molecule has 0 spiro atoms. The second kappa shape index (κ2) is 3.86. The van der Waals surface area contributed by atoms with Crippen molar-refractivity contribution < 1.29 is 0 Å². The molecule has 84 valence electrons. The monoisotopic (exact) mass is 279 g/mol. The number of hydrogen-bond donors (Lipinski definition) is 2. The van der Waals surface area contributed by atoms with E-state index in [4.69, 9.17) is 5.73 Å². The predicted molar refractivity (Wildman–Crippen MR) is 68.2 cm³/mol. The average molecular weight is 280 g/mol. The summed E-state index contributed by atoms with van der Waals surface area (Å²) in [4.78, 5) is 7.88. The number of aromatic nitrogens is 2. The Morgan fingerprint density at radius 3 is 3.06 bits per heavy atom. The molecule has 0 bridgehead atoms. The van der Waals surface area contributed by atoms with Gasteiger partial charge in [0.2, 0.25) is 0 Å². The van der Waals surface area contributed by atoms with Crippen LogP contribution in [0.3, 0.4) is 0 Å². The fraction of sp³-hybridized carbons (Fsp3) is 0.417. The Bertz CT molecular complexity index is 516. The van der Waals surface area contributed by atoms with Crippen LogP contribution < -0.4 is 5.73 Å². The fourth-order valence-electron chi connectivity index (χ4n) is 2.05. The molecule has 16 heavy (non-hydrogen) atoms. The van der Waals surface area contributed by atoms with E-state index in [1.165, 1.54) is 12.8 Å². The van der Waals surface area contributed by atoms with Gasteiger partial charge in [-0.1, -0.05) is 15.9 Å². The maximum Gasteiger partial charge on any atom is 0.108 e. The van der Waals surface area contributed by atoms with Crippen LogP contribution in [0.15, 0.2) is 22.7 Å². The topological polar surface area (TPSA) is 54.7 Å². The fourth-order valence-corrected chi connectivity index (χ4v) is 2.41. The van der Waals surface area contributed by atoms with Gasteiger partial charge in [0, 0.05) is 16.9 Å². The summed E-state index contributed by atoms with van der Waals surface area (Å²) in [5.74, 6) is 1.73. The molecule has 1 fully saturated rings. The molecule has 1 saturated carbocycles. The first-order valence-corrected chi connectivity index (χ1v) is 6.41. The van der Waals surface area contributed by atoms with Crippen LogP contribution in [0.5, 0.6) is 0 Å². The van der Waals surface area contributed by atoms with Crippen LogP contribution in [0.25, 0.3) is 11.0 Å². The van der Waals surface area contributed by atoms with E-state index in [1.807, 2.05) is 12.1 Å². The van der Waals surface area contributed by atoms with Crippen LogP contribution >= 0.6 is 15.9 Å². The first-order chi connectivity index (χ1) is 7.72. The van der Waals surface area contributed by atoms with Crippen LogP contribution in [0, 0.1) is 5.92 Å². The van der Waals surface area contributed by atoms with Gasteiger partial charge < -0.3 is 10.7 Å². The lowest BCUT2D eigenvalue weighted by Crippen LogP contribution is -2.25. The molecule has 1 aliphatic carbocycles. The summed E-state index contributed by atoms with van der Waals surface area (Å²) in [6.07, 6.45) is 3.43. The summed E-state index contributed by atoms with van der Waals surface area (Å²) in [6.45, 7) is 0. The summed E-state index contributed by atoms with van der Waals surface area (Å²) in [7, 11) is 0. The molecule has 0 saturated heterocycles. The van der Waals surface area contributed by atoms with Gasteiger partial charge in [0.1, 0.15) is 5.82 Å². The van der Waals surface area contributed by atoms with Crippen molar-refractivity contribution in [2.75, 3.05) is 0 Å². The Morgan fingerprint density at radius 2 is 2.31 bits per heavy atom. The van der Waals surface area contributed by atoms with E-state index in [9.17, 15) is 0 Å². The van der Waals surface area contributed by atoms with Gasteiger partial charge >= 0.3 is 0 Å². The molecule has 0 amide bonds. The van der Waals surface area contributed by atoms with Gasteiger partial charge in [0.05, 0.1) is 11.0 Å². The first-order valence-electron chi connectivity index (χ1n) is 5.62. The largest absolute Gasteiger partial charge is 0.342 e. The highest BCUT2D eigenvalue weighted by molar-refractivity contribution is 9.10. The van der Waals surface area contributed by atoms with Crippen LogP contribution in [-0.2, 0) is 6.42 Å². The number of hydrogen-bond acceptors (Lipinski definition) is 2. The minimum Gasteiger partial charge on any atom is -0.342 e. The van der Waals surface area contributed by atoms with Gasteiger partial charge in [0.25, 0.3) is 0 Å². The van der Waals surface area contributed by atoms with Crippen molar-refractivity contribution in [3.8, 4) is 0 Å². The predicted octanol–water partition coefficient (Wildman–Crippen LogP) is 2.61. The smallest absolute Gasteiger partial charge is 0.108 e. The van der Waals surface area contributed by atoms with E-state index >= 15 is 0 Å². The number of fused-ring (bicyclic) bond motifs is 1. The van der Waals surface area contributed by atoms with E-state index < -0.39 is 0 Å². The number of imidazole rings is 1. The van der Waals surface area contributed by atoms with Crippen LogP contribution in [0.4, 0.5) is 0 Å². The quantitative estimate of drug-likeness (QED) is 0.908. The van der Waals surface area contributed by atoms with Crippen LogP contribution in [0.1, 0.15) is 18.7 Å². The number of nitrogens with one attached hydrogen (secondary N) is 1. The minimum atomic E-state index is 0.268. The molecule has 1 aromatic heterocycles. The molecular weight excluding hydrogens is 266 g/mol. The van der Waals surface area contributed by atoms with Gasteiger partial charge in [-0.15, -0.1) is 0 Å². The minimum absolute atomic E-state index is 0.268. The van der Waals surface area contributed by atoms with E-state index in [0.29, 0.717) is 0 Å². The number of benzene rings is 1. The summed E-state index contributed by atoms with van der Waals surface area (Å²) < 4.78 is 1.07. The van der Waals surface area contributed by atoms with Gasteiger partial charge in [-0.2, -0.15) is 0 Å². The highest BCUT2D eigenvalue weighted by atomic mass is 79.9. The van der Waals surface area contributed by atoms with E-state index in [1.54, 1.807) is 0 Å². The van der Waals surface area contributed by atoms with Crippen molar-refractivity contribution in [3.63, 3.8) is 0 Å². The molecule has 4 heteroatoms. The van der Waals surface area contributed by atoms with Crippen molar-refractivity contribution in [2.45, 2.75) is 25.3 Å². The first kappa shape index (κ1) is 10.3. The number of rotatable bonds is 3. The third-order valence-electron chi connectivity index (χ3n) is 3.15. The third kappa shape index (κ3) is 1.99. The second-order valence-electron chi connectivity index (χ2n) is 4.55. The zero-order chi connectivity index (χ0) is 11.1. The van der Waals surface area contributed by atoms with Gasteiger partial charge in [0.15, 0.2) is 0 Å². The van der Waals surface area contributed by atoms with Crippen molar-refractivity contribution in [3.05, 3.63) is 28.5 Å². The average Bonchev–Trinajstić information content (AvgIpc) is 3.00. The Hall–Kier alpha value is -0.870. The number of nitrogens with zero attached hydrogens (tertiary/aromatic N) is 1. The highest BCUT2D eigenvalue weighted by Crippen LogP contribution is 2.32. The summed E-state index contributed by atoms with van der Waals surface area (Å²) in [5, 5.41) is 0. The third-order valence-corrected chi connectivity index (χ3v) is 3.64. The molecular formula is C12H14BrN3. The lowest BCUT2D eigenvalue weighted by Gasteiger charge is -2.06. The molecule has 3 N–H and O–H groups in total. The van der Waals surface area contributed by atoms with Crippen LogP contribution in [-0.4, -0.2) is 16.0 Å². The van der Waals surface area contributed by atoms with E-state index in [2.05, 4.69) is 32.0 Å². The molecule has 3 nitrogen and oxygen atoms in total. The normalized spacial score (nSPS) is 17.9. The van der Waals surface area contributed by atoms with Crippen molar-refractivity contribution in [1.29, 1.82) is 0 Å². The van der Waals surface area contributed by atoms with Crippen molar-refractivity contribution in [1.82, 2.24) is 9.97 Å². The molecule has 1 atom stereocenters. The van der Waals surface area contributed by atoms with Crippen molar-refractivity contribution >= 4 is 27.0 Å². The molecule has 1 unspecified atom stereocenters. The standard InChI is InChI=1S/C12H14BrN3/c13-8-3-4-10-11(5-8)16-12(15-10)6-9(14)7-1-2-7/h3-5,7,9H,1-2,6,14H2,(H,15,16). The van der Waals surface area contributed by atoms with Gasteiger partial charge in [-0.25, -0.2) is 4.98 Å². The van der Waals surface area contributed by atoms with Crippen molar-refractivity contribution in [2.24, 2.45) is 11.7 Å². The summed E-state index contributed by atoms with van der Waals surface area (Å²) in [6, 6.07) is 6.34. The number of H-pyrrole nitrogens is 1. The Labute approximate surface area is 103 Å². The molecule has 1 heterocycles. The summed E-state index contributed by atoms with van der Waals surface area (Å²) in [5.41, 5.74) is 8.18. The number of halogens is 1. The number of aromatic amines is 1. The van der Waals surface area contributed by atoms with Crippen LogP contribution in [0.2, 0.25) is 0 Å². The molecule has 1 aliphatic rings. The lowest BCUT2D eigenvalue weighted by molar-refractivity contribution is 0.579. The molecule has 1 aromatic carbocycles. The molecule has 3 rings (SSSR count). The second-order valence-corrected chi connectivity index (χ2v) is 5.47. The van der Waals surface area contributed by atoms with E-state index in [0.717, 1.165) is 33.7 Å². The zero-order valence-corrected chi connectivity index (χ0v) is 10.5. The molecule has 0 radical (unpaired) electrons.